The van der Waals surface area contributed by atoms with Crippen molar-refractivity contribution in [1.82, 2.24) is 0 Å². The van der Waals surface area contributed by atoms with Crippen LogP contribution in [0, 0.1) is 5.82 Å². The van der Waals surface area contributed by atoms with Gasteiger partial charge in [-0.25, -0.2) is 8.78 Å². The van der Waals surface area contributed by atoms with Gasteiger partial charge in [-0.15, -0.1) is 0 Å². The standard InChI is InChI=1S/C11H14F2O/c1-3-8(2)10-5-4-9(13)6-11(10)14-7-12/h4-6,8H,3,7H2,1-2H3. The van der Waals surface area contributed by atoms with Gasteiger partial charge in [0.2, 0.25) is 6.86 Å². The maximum Gasteiger partial charge on any atom is 0.228 e. The molecule has 1 aromatic rings. The van der Waals surface area contributed by atoms with E-state index in [1.165, 1.54) is 12.1 Å². The van der Waals surface area contributed by atoms with Crippen molar-refractivity contribution in [2.75, 3.05) is 6.86 Å². The van der Waals surface area contributed by atoms with Crippen molar-refractivity contribution in [3.8, 4) is 5.75 Å². The molecule has 1 nitrogen and oxygen atoms in total. The van der Waals surface area contributed by atoms with Gasteiger partial charge in [0.05, 0.1) is 0 Å². The predicted molar refractivity (Wildman–Crippen MR) is 51.7 cm³/mol. The van der Waals surface area contributed by atoms with E-state index in [-0.39, 0.29) is 5.92 Å². The Hall–Kier alpha value is -1.12. The summed E-state index contributed by atoms with van der Waals surface area (Å²) in [6.45, 7) is 3.10. The molecule has 1 rings (SSSR count). The first-order valence-electron chi connectivity index (χ1n) is 4.67. The van der Waals surface area contributed by atoms with Crippen LogP contribution in [0.2, 0.25) is 0 Å². The fourth-order valence-electron chi connectivity index (χ4n) is 1.32. The topological polar surface area (TPSA) is 9.23 Å². The quantitative estimate of drug-likeness (QED) is 0.720. The van der Waals surface area contributed by atoms with Gasteiger partial charge in [-0.05, 0) is 24.0 Å². The SMILES string of the molecule is CCC(C)c1ccc(F)cc1OCF. The molecule has 0 bridgehead atoms. The zero-order chi connectivity index (χ0) is 10.6. The van der Waals surface area contributed by atoms with Gasteiger partial charge in [-0.3, -0.25) is 0 Å². The molecule has 0 saturated carbocycles. The summed E-state index contributed by atoms with van der Waals surface area (Å²) < 4.78 is 29.6. The molecule has 0 spiro atoms. The lowest BCUT2D eigenvalue weighted by Gasteiger charge is -2.13. The van der Waals surface area contributed by atoms with E-state index in [0.717, 1.165) is 12.0 Å². The maximum atomic E-state index is 12.8. The van der Waals surface area contributed by atoms with Gasteiger partial charge in [-0.1, -0.05) is 19.9 Å². The van der Waals surface area contributed by atoms with E-state index in [1.54, 1.807) is 6.07 Å². The summed E-state index contributed by atoms with van der Waals surface area (Å²) in [6, 6.07) is 4.24. The molecule has 0 aliphatic heterocycles. The Morgan fingerprint density at radius 2 is 2.14 bits per heavy atom. The fraction of sp³-hybridized carbons (Fsp3) is 0.455. The summed E-state index contributed by atoms with van der Waals surface area (Å²) in [5, 5.41) is 0. The molecule has 78 valence electrons. The molecule has 14 heavy (non-hydrogen) atoms. The van der Waals surface area contributed by atoms with E-state index in [0.29, 0.717) is 5.75 Å². The van der Waals surface area contributed by atoms with Crippen LogP contribution in [-0.4, -0.2) is 6.86 Å². The van der Waals surface area contributed by atoms with Crippen molar-refractivity contribution in [3.05, 3.63) is 29.6 Å². The number of hydrogen-bond acceptors (Lipinski definition) is 1. The second kappa shape index (κ2) is 4.94. The molecule has 0 aromatic heterocycles. The Kier molecular flexibility index (Phi) is 3.86. The molecule has 0 fully saturated rings. The monoisotopic (exact) mass is 200 g/mol. The molecular weight excluding hydrogens is 186 g/mol. The Morgan fingerprint density at radius 1 is 1.43 bits per heavy atom. The second-order valence-corrected chi connectivity index (χ2v) is 3.24. The summed E-state index contributed by atoms with van der Waals surface area (Å²) in [6.07, 6.45) is 0.911. The van der Waals surface area contributed by atoms with E-state index >= 15 is 0 Å². The van der Waals surface area contributed by atoms with Gasteiger partial charge < -0.3 is 4.74 Å². The van der Waals surface area contributed by atoms with E-state index in [4.69, 9.17) is 4.74 Å². The first kappa shape index (κ1) is 11.0. The third-order valence-electron chi connectivity index (χ3n) is 2.33. The van der Waals surface area contributed by atoms with Crippen molar-refractivity contribution in [1.29, 1.82) is 0 Å². The number of alkyl halides is 1. The molecule has 3 heteroatoms. The Balaban J connectivity index is 3.01. The number of benzene rings is 1. The molecule has 0 heterocycles. The van der Waals surface area contributed by atoms with Gasteiger partial charge in [0.15, 0.2) is 0 Å². The number of hydrogen-bond donors (Lipinski definition) is 0. The average molecular weight is 200 g/mol. The summed E-state index contributed by atoms with van der Waals surface area (Å²) >= 11 is 0. The van der Waals surface area contributed by atoms with Crippen LogP contribution in [-0.2, 0) is 0 Å². The zero-order valence-electron chi connectivity index (χ0n) is 8.39. The second-order valence-electron chi connectivity index (χ2n) is 3.24. The van der Waals surface area contributed by atoms with Crippen LogP contribution in [0.1, 0.15) is 31.7 Å². The third kappa shape index (κ3) is 2.44. The molecule has 1 unspecified atom stereocenters. The molecule has 0 saturated heterocycles. The zero-order valence-corrected chi connectivity index (χ0v) is 8.39. The highest BCUT2D eigenvalue weighted by Gasteiger charge is 2.10. The first-order chi connectivity index (χ1) is 6.69. The molecule has 0 amide bonds. The first-order valence-corrected chi connectivity index (χ1v) is 4.67. The molecular formula is C11H14F2O. The molecule has 0 N–H and O–H groups in total. The molecule has 1 atom stereocenters. The Morgan fingerprint density at radius 3 is 2.71 bits per heavy atom. The van der Waals surface area contributed by atoms with Crippen LogP contribution in [0.3, 0.4) is 0 Å². The van der Waals surface area contributed by atoms with Crippen LogP contribution in [0.25, 0.3) is 0 Å². The maximum absolute atomic E-state index is 12.8. The molecule has 0 aliphatic rings. The summed E-state index contributed by atoms with van der Waals surface area (Å²) in [5.74, 6) is 0.152. The largest absolute Gasteiger partial charge is 0.463 e. The van der Waals surface area contributed by atoms with E-state index < -0.39 is 12.7 Å². The van der Waals surface area contributed by atoms with Crippen LogP contribution in [0.15, 0.2) is 18.2 Å². The Bertz CT molecular complexity index is 299. The van der Waals surface area contributed by atoms with Crippen LogP contribution in [0.5, 0.6) is 5.75 Å². The van der Waals surface area contributed by atoms with Crippen molar-refractivity contribution < 1.29 is 13.5 Å². The van der Waals surface area contributed by atoms with Crippen molar-refractivity contribution in [2.24, 2.45) is 0 Å². The van der Waals surface area contributed by atoms with Crippen LogP contribution in [0.4, 0.5) is 8.78 Å². The fourth-order valence-corrected chi connectivity index (χ4v) is 1.32. The van der Waals surface area contributed by atoms with Gasteiger partial charge in [0.25, 0.3) is 0 Å². The van der Waals surface area contributed by atoms with Crippen molar-refractivity contribution in [2.45, 2.75) is 26.2 Å². The minimum atomic E-state index is -0.924. The molecule has 0 aliphatic carbocycles. The highest BCUT2D eigenvalue weighted by atomic mass is 19.1. The van der Waals surface area contributed by atoms with Gasteiger partial charge in [0, 0.05) is 6.07 Å². The minimum absolute atomic E-state index is 0.247. The van der Waals surface area contributed by atoms with E-state index in [9.17, 15) is 8.78 Å². The normalized spacial score (nSPS) is 12.6. The Labute approximate surface area is 82.7 Å². The lowest BCUT2D eigenvalue weighted by atomic mass is 9.98. The summed E-state index contributed by atoms with van der Waals surface area (Å²) in [7, 11) is 0. The molecule has 1 aromatic carbocycles. The van der Waals surface area contributed by atoms with Crippen molar-refractivity contribution >= 4 is 0 Å². The van der Waals surface area contributed by atoms with Gasteiger partial charge in [0.1, 0.15) is 11.6 Å². The third-order valence-corrected chi connectivity index (χ3v) is 2.33. The number of ether oxygens (including phenoxy) is 1. The number of rotatable bonds is 4. The van der Waals surface area contributed by atoms with Crippen LogP contribution < -0.4 is 4.74 Å². The highest BCUT2D eigenvalue weighted by Crippen LogP contribution is 2.29. The highest BCUT2D eigenvalue weighted by molar-refractivity contribution is 5.36. The minimum Gasteiger partial charge on any atom is -0.463 e. The van der Waals surface area contributed by atoms with Gasteiger partial charge in [-0.2, -0.15) is 0 Å². The van der Waals surface area contributed by atoms with Crippen LogP contribution >= 0.6 is 0 Å². The van der Waals surface area contributed by atoms with E-state index in [1.807, 2.05) is 13.8 Å². The lowest BCUT2D eigenvalue weighted by Crippen LogP contribution is -1.99. The lowest BCUT2D eigenvalue weighted by molar-refractivity contribution is 0.188. The molecule has 0 radical (unpaired) electrons. The van der Waals surface area contributed by atoms with Crippen molar-refractivity contribution in [3.63, 3.8) is 0 Å². The van der Waals surface area contributed by atoms with E-state index in [2.05, 4.69) is 0 Å². The predicted octanol–water partition coefficient (Wildman–Crippen LogP) is 3.65. The number of halogens is 2. The average Bonchev–Trinajstić information content (AvgIpc) is 2.17. The summed E-state index contributed by atoms with van der Waals surface area (Å²) in [5.41, 5.74) is 0.853. The van der Waals surface area contributed by atoms with Gasteiger partial charge >= 0.3 is 0 Å². The summed E-state index contributed by atoms with van der Waals surface area (Å²) in [4.78, 5) is 0. The smallest absolute Gasteiger partial charge is 0.228 e.